The van der Waals surface area contributed by atoms with E-state index in [1.807, 2.05) is 43.3 Å². The lowest BCUT2D eigenvalue weighted by Gasteiger charge is -2.18. The highest BCUT2D eigenvalue weighted by atomic mass is 35.5. The molecule has 0 saturated carbocycles. The third kappa shape index (κ3) is 3.22. The Morgan fingerprint density at radius 1 is 1.17 bits per heavy atom. The number of nitrogens with one attached hydrogen (secondary N) is 1. The average molecular weight is 329 g/mol. The first-order valence-electron chi connectivity index (χ1n) is 7.47. The monoisotopic (exact) mass is 328 g/mol. The zero-order valence-corrected chi connectivity index (χ0v) is 13.5. The molecule has 0 aromatic heterocycles. The molecule has 0 spiro atoms. The van der Waals surface area contributed by atoms with E-state index in [4.69, 9.17) is 11.6 Å². The molecule has 118 valence electrons. The van der Waals surface area contributed by atoms with Gasteiger partial charge in [0.2, 0.25) is 11.8 Å². The number of benzene rings is 2. The molecule has 0 radical (unpaired) electrons. The second kappa shape index (κ2) is 6.42. The van der Waals surface area contributed by atoms with Crippen LogP contribution in [0, 0.1) is 12.8 Å². The molecule has 5 heteroatoms. The minimum atomic E-state index is -0.377. The number of hydrogen-bond acceptors (Lipinski definition) is 2. The van der Waals surface area contributed by atoms with E-state index >= 15 is 0 Å². The van der Waals surface area contributed by atoms with Crippen molar-refractivity contribution >= 4 is 34.8 Å². The molecule has 23 heavy (non-hydrogen) atoms. The quantitative estimate of drug-likeness (QED) is 0.935. The molecule has 2 amide bonds. The van der Waals surface area contributed by atoms with Gasteiger partial charge >= 0.3 is 0 Å². The van der Waals surface area contributed by atoms with Gasteiger partial charge in [-0.1, -0.05) is 41.9 Å². The molecule has 3 rings (SSSR count). The van der Waals surface area contributed by atoms with Crippen LogP contribution >= 0.6 is 11.6 Å². The van der Waals surface area contributed by atoms with Crippen LogP contribution in [0.3, 0.4) is 0 Å². The van der Waals surface area contributed by atoms with Crippen LogP contribution in [0.1, 0.15) is 12.0 Å². The molecular weight excluding hydrogens is 312 g/mol. The topological polar surface area (TPSA) is 49.4 Å². The van der Waals surface area contributed by atoms with Crippen molar-refractivity contribution in [1.82, 2.24) is 0 Å². The fourth-order valence-electron chi connectivity index (χ4n) is 2.73. The zero-order chi connectivity index (χ0) is 16.4. The largest absolute Gasteiger partial charge is 0.326 e. The standard InChI is InChI=1S/C18H17ClN2O2/c1-12-6-2-4-8-15(12)20-18(23)13-10-17(22)21(11-13)16-9-5-3-7-14(16)19/h2-9,13H,10-11H2,1H3,(H,20,23)/t13-/m1/s1. The van der Waals surface area contributed by atoms with Gasteiger partial charge in [-0.05, 0) is 30.7 Å². The van der Waals surface area contributed by atoms with E-state index in [-0.39, 0.29) is 24.2 Å². The highest BCUT2D eigenvalue weighted by Gasteiger charge is 2.35. The van der Waals surface area contributed by atoms with Crippen molar-refractivity contribution in [2.75, 3.05) is 16.8 Å². The molecule has 0 aliphatic carbocycles. The first-order chi connectivity index (χ1) is 11.1. The number of carbonyl (C=O) groups excluding carboxylic acids is 2. The van der Waals surface area contributed by atoms with Crippen molar-refractivity contribution in [3.05, 3.63) is 59.1 Å². The summed E-state index contributed by atoms with van der Waals surface area (Å²) >= 11 is 6.15. The molecule has 4 nitrogen and oxygen atoms in total. The number of halogens is 1. The number of carbonyl (C=O) groups is 2. The summed E-state index contributed by atoms with van der Waals surface area (Å²) in [7, 11) is 0. The SMILES string of the molecule is Cc1ccccc1NC(=O)[C@@H]1CC(=O)N(c2ccccc2Cl)C1. The molecule has 1 aliphatic rings. The molecule has 1 atom stereocenters. The van der Waals surface area contributed by atoms with E-state index in [1.54, 1.807) is 17.0 Å². The van der Waals surface area contributed by atoms with Crippen molar-refractivity contribution in [3.8, 4) is 0 Å². The van der Waals surface area contributed by atoms with Gasteiger partial charge in [-0.15, -0.1) is 0 Å². The van der Waals surface area contributed by atoms with E-state index < -0.39 is 0 Å². The molecule has 1 aliphatic heterocycles. The summed E-state index contributed by atoms with van der Waals surface area (Å²) in [4.78, 5) is 26.3. The van der Waals surface area contributed by atoms with Gasteiger partial charge in [0.15, 0.2) is 0 Å². The summed E-state index contributed by atoms with van der Waals surface area (Å²) < 4.78 is 0. The van der Waals surface area contributed by atoms with Gasteiger partial charge in [0, 0.05) is 18.7 Å². The number of anilines is 2. The highest BCUT2D eigenvalue weighted by Crippen LogP contribution is 2.31. The Bertz CT molecular complexity index is 760. The molecular formula is C18H17ClN2O2. The van der Waals surface area contributed by atoms with Crippen molar-refractivity contribution in [2.45, 2.75) is 13.3 Å². The number of aryl methyl sites for hydroxylation is 1. The molecule has 2 aromatic rings. The van der Waals surface area contributed by atoms with Crippen LogP contribution in [0.25, 0.3) is 0 Å². The fraction of sp³-hybridized carbons (Fsp3) is 0.222. The third-order valence-electron chi connectivity index (χ3n) is 4.04. The minimum absolute atomic E-state index is 0.0805. The highest BCUT2D eigenvalue weighted by molar-refractivity contribution is 6.33. The maximum atomic E-state index is 12.5. The second-order valence-corrected chi connectivity index (χ2v) is 6.07. The van der Waals surface area contributed by atoms with E-state index in [1.165, 1.54) is 0 Å². The first kappa shape index (κ1) is 15.6. The van der Waals surface area contributed by atoms with E-state index in [9.17, 15) is 9.59 Å². The molecule has 1 heterocycles. The van der Waals surface area contributed by atoms with Crippen LogP contribution < -0.4 is 10.2 Å². The Morgan fingerprint density at radius 2 is 1.87 bits per heavy atom. The minimum Gasteiger partial charge on any atom is -0.326 e. The lowest BCUT2D eigenvalue weighted by Crippen LogP contribution is -2.28. The Morgan fingerprint density at radius 3 is 2.61 bits per heavy atom. The van der Waals surface area contributed by atoms with Crippen molar-refractivity contribution in [2.24, 2.45) is 5.92 Å². The lowest BCUT2D eigenvalue weighted by molar-refractivity contribution is -0.122. The molecule has 1 fully saturated rings. The Balaban J connectivity index is 1.74. The van der Waals surface area contributed by atoms with Crippen LogP contribution in [0.4, 0.5) is 11.4 Å². The predicted molar refractivity (Wildman–Crippen MR) is 91.7 cm³/mol. The normalized spacial score (nSPS) is 17.4. The van der Waals surface area contributed by atoms with E-state index in [0.717, 1.165) is 11.3 Å². The van der Waals surface area contributed by atoms with Crippen LogP contribution in [0.15, 0.2) is 48.5 Å². The Kier molecular flexibility index (Phi) is 4.35. The van der Waals surface area contributed by atoms with Crippen LogP contribution in [-0.2, 0) is 9.59 Å². The van der Waals surface area contributed by atoms with Crippen LogP contribution in [0.2, 0.25) is 5.02 Å². The summed E-state index contributed by atoms with van der Waals surface area (Å²) in [6.45, 7) is 2.28. The molecule has 0 bridgehead atoms. The lowest BCUT2D eigenvalue weighted by atomic mass is 10.1. The maximum Gasteiger partial charge on any atom is 0.229 e. The predicted octanol–water partition coefficient (Wildman–Crippen LogP) is 3.64. The number of hydrogen-bond donors (Lipinski definition) is 1. The van der Waals surface area contributed by atoms with E-state index in [2.05, 4.69) is 5.32 Å². The Hall–Kier alpha value is -2.33. The number of rotatable bonds is 3. The van der Waals surface area contributed by atoms with Crippen molar-refractivity contribution < 1.29 is 9.59 Å². The van der Waals surface area contributed by atoms with Gasteiger partial charge in [-0.25, -0.2) is 0 Å². The van der Waals surface area contributed by atoms with E-state index in [0.29, 0.717) is 17.3 Å². The first-order valence-corrected chi connectivity index (χ1v) is 7.85. The molecule has 1 N–H and O–H groups in total. The summed E-state index contributed by atoms with van der Waals surface area (Å²) in [6.07, 6.45) is 0.197. The third-order valence-corrected chi connectivity index (χ3v) is 4.36. The molecule has 1 saturated heterocycles. The summed E-state index contributed by atoms with van der Waals surface area (Å²) in [5.74, 6) is -0.594. The average Bonchev–Trinajstić information content (AvgIpc) is 2.92. The van der Waals surface area contributed by atoms with Gasteiger partial charge in [-0.3, -0.25) is 9.59 Å². The maximum absolute atomic E-state index is 12.5. The Labute approximate surface area is 140 Å². The summed E-state index contributed by atoms with van der Waals surface area (Å²) in [5.41, 5.74) is 2.43. The van der Waals surface area contributed by atoms with Crippen LogP contribution in [-0.4, -0.2) is 18.4 Å². The smallest absolute Gasteiger partial charge is 0.229 e. The fourth-order valence-corrected chi connectivity index (χ4v) is 2.97. The van der Waals surface area contributed by atoms with Crippen molar-refractivity contribution in [3.63, 3.8) is 0 Å². The van der Waals surface area contributed by atoms with Gasteiger partial charge in [0.05, 0.1) is 16.6 Å². The number of amides is 2. The number of nitrogens with zero attached hydrogens (tertiary/aromatic N) is 1. The molecule has 2 aromatic carbocycles. The van der Waals surface area contributed by atoms with Gasteiger partial charge in [0.25, 0.3) is 0 Å². The molecule has 0 unspecified atom stereocenters. The summed E-state index contributed by atoms with van der Waals surface area (Å²) in [6, 6.07) is 14.8. The number of para-hydroxylation sites is 2. The van der Waals surface area contributed by atoms with Gasteiger partial charge in [0.1, 0.15) is 0 Å². The van der Waals surface area contributed by atoms with Crippen LogP contribution in [0.5, 0.6) is 0 Å². The second-order valence-electron chi connectivity index (χ2n) is 5.66. The van der Waals surface area contributed by atoms with Gasteiger partial charge < -0.3 is 10.2 Å². The van der Waals surface area contributed by atoms with Gasteiger partial charge in [-0.2, -0.15) is 0 Å². The van der Waals surface area contributed by atoms with Crippen molar-refractivity contribution in [1.29, 1.82) is 0 Å². The zero-order valence-electron chi connectivity index (χ0n) is 12.8. The summed E-state index contributed by atoms with van der Waals surface area (Å²) in [5, 5.41) is 3.42.